The number of nitrogens with zero attached hydrogens (tertiary/aromatic N) is 5. The lowest BCUT2D eigenvalue weighted by Gasteiger charge is -2.40. The van der Waals surface area contributed by atoms with E-state index < -0.39 is 11.4 Å². The van der Waals surface area contributed by atoms with Gasteiger partial charge < -0.3 is 14.3 Å². The van der Waals surface area contributed by atoms with Crippen LogP contribution >= 0.6 is 0 Å². The summed E-state index contributed by atoms with van der Waals surface area (Å²) in [5, 5.41) is 2.53. The summed E-state index contributed by atoms with van der Waals surface area (Å²) in [5.41, 5.74) is 1.85. The average molecular weight is 477 g/mol. The van der Waals surface area contributed by atoms with Crippen molar-refractivity contribution in [3.05, 3.63) is 46.9 Å². The molecular formula is C25H24FN5O4. The molecule has 0 radical (unpaired) electrons. The number of ether oxygens (including phenoxy) is 2. The van der Waals surface area contributed by atoms with Gasteiger partial charge in [-0.25, -0.2) is 14.2 Å². The molecule has 0 amide bonds. The lowest BCUT2D eigenvalue weighted by Crippen LogP contribution is -2.58. The first-order chi connectivity index (χ1) is 17.1. The summed E-state index contributed by atoms with van der Waals surface area (Å²) in [4.78, 5) is 28.1. The third kappa shape index (κ3) is 2.96. The van der Waals surface area contributed by atoms with Gasteiger partial charge in [0.25, 0.3) is 0 Å². The number of halogens is 1. The van der Waals surface area contributed by atoms with E-state index in [9.17, 15) is 4.79 Å². The molecule has 0 N–H and O–H groups in total. The number of benzene rings is 1. The van der Waals surface area contributed by atoms with Crippen molar-refractivity contribution in [1.82, 2.24) is 24.2 Å². The third-order valence-corrected chi connectivity index (χ3v) is 7.34. The number of hydrogen-bond donors (Lipinski definition) is 0. The minimum Gasteiger partial charge on any atom is -0.489 e. The lowest BCUT2D eigenvalue weighted by molar-refractivity contribution is -0.118. The van der Waals surface area contributed by atoms with Gasteiger partial charge in [-0.05, 0) is 18.9 Å². The largest absolute Gasteiger partial charge is 0.489 e. The Bertz CT molecular complexity index is 1530. The van der Waals surface area contributed by atoms with Gasteiger partial charge in [0.1, 0.15) is 23.7 Å². The standard InChI is InChI=1S/C25H24FN5O4/c1-29-18-11-27-17-9-16(26)20(15-5-6-19(28-10-15)35-30-7-3-2-4-8-30)23-21(17)22(18)31(24(29)32)25(14-34-23)12-33-13-25/h5-6,9-11H,2-4,7-8,12-14H2,1H3. The molecule has 0 unspecified atom stereocenters. The molecule has 35 heavy (non-hydrogen) atoms. The Labute approximate surface area is 199 Å². The molecule has 0 bridgehead atoms. The number of aromatic nitrogens is 4. The van der Waals surface area contributed by atoms with Crippen molar-refractivity contribution in [2.75, 3.05) is 32.9 Å². The molecule has 3 aliphatic rings. The van der Waals surface area contributed by atoms with E-state index in [1.165, 1.54) is 12.5 Å². The molecule has 2 saturated heterocycles. The van der Waals surface area contributed by atoms with Gasteiger partial charge >= 0.3 is 5.69 Å². The van der Waals surface area contributed by atoms with Crippen LogP contribution in [0.25, 0.3) is 33.1 Å². The first kappa shape index (κ1) is 20.8. The van der Waals surface area contributed by atoms with Crippen LogP contribution in [0.4, 0.5) is 4.39 Å². The maximum Gasteiger partial charge on any atom is 0.329 e. The monoisotopic (exact) mass is 477 g/mol. The molecule has 2 fully saturated rings. The van der Waals surface area contributed by atoms with Gasteiger partial charge in [-0.1, -0.05) is 6.42 Å². The zero-order chi connectivity index (χ0) is 23.7. The number of piperidine rings is 1. The Kier molecular flexibility index (Phi) is 4.46. The predicted octanol–water partition coefficient (Wildman–Crippen LogP) is 2.99. The van der Waals surface area contributed by atoms with E-state index in [0.717, 1.165) is 25.9 Å². The summed E-state index contributed by atoms with van der Waals surface area (Å²) in [6.07, 6.45) is 6.62. The topological polar surface area (TPSA) is 83.6 Å². The molecule has 4 aromatic rings. The van der Waals surface area contributed by atoms with Crippen LogP contribution in [-0.2, 0) is 17.3 Å². The fourth-order valence-corrected chi connectivity index (χ4v) is 5.43. The van der Waals surface area contributed by atoms with Gasteiger partial charge in [0.2, 0.25) is 5.88 Å². The summed E-state index contributed by atoms with van der Waals surface area (Å²) in [7, 11) is 1.72. The van der Waals surface area contributed by atoms with Gasteiger partial charge in [0, 0.05) is 44.0 Å². The van der Waals surface area contributed by atoms with Gasteiger partial charge in [-0.2, -0.15) is 0 Å². The van der Waals surface area contributed by atoms with Crippen LogP contribution in [-0.4, -0.2) is 57.1 Å². The van der Waals surface area contributed by atoms with Crippen LogP contribution in [0.1, 0.15) is 19.3 Å². The smallest absolute Gasteiger partial charge is 0.329 e. The van der Waals surface area contributed by atoms with Crippen LogP contribution in [0.3, 0.4) is 0 Å². The summed E-state index contributed by atoms with van der Waals surface area (Å²) in [6.45, 7) is 2.63. The number of aryl methyl sites for hydroxylation is 1. The number of hydroxylamine groups is 2. The van der Waals surface area contributed by atoms with E-state index in [1.807, 2.05) is 5.06 Å². The fraction of sp³-hybridized carbons (Fsp3) is 0.400. The maximum atomic E-state index is 15.6. The molecule has 7 rings (SSSR count). The van der Waals surface area contributed by atoms with Crippen LogP contribution in [0.15, 0.2) is 35.4 Å². The van der Waals surface area contributed by atoms with Crippen LogP contribution in [0.2, 0.25) is 0 Å². The highest BCUT2D eigenvalue weighted by molar-refractivity contribution is 6.09. The molecule has 10 heteroatoms. The van der Waals surface area contributed by atoms with E-state index in [1.54, 1.807) is 40.7 Å². The van der Waals surface area contributed by atoms with Gasteiger partial charge in [0.05, 0.1) is 46.9 Å². The van der Waals surface area contributed by atoms with Crippen molar-refractivity contribution < 1.29 is 18.7 Å². The minimum absolute atomic E-state index is 0.166. The first-order valence-electron chi connectivity index (χ1n) is 11.9. The van der Waals surface area contributed by atoms with Crippen LogP contribution < -0.4 is 15.3 Å². The van der Waals surface area contributed by atoms with Crippen molar-refractivity contribution in [3.8, 4) is 22.8 Å². The second-order valence-corrected chi connectivity index (χ2v) is 9.60. The Morgan fingerprint density at radius 2 is 1.91 bits per heavy atom. The zero-order valence-corrected chi connectivity index (χ0v) is 19.3. The molecule has 9 nitrogen and oxygen atoms in total. The Morgan fingerprint density at radius 3 is 2.63 bits per heavy atom. The van der Waals surface area contributed by atoms with Crippen molar-refractivity contribution in [2.45, 2.75) is 24.8 Å². The summed E-state index contributed by atoms with van der Waals surface area (Å²) >= 11 is 0. The molecule has 0 saturated carbocycles. The van der Waals surface area contributed by atoms with Crippen LogP contribution in [0.5, 0.6) is 11.6 Å². The second kappa shape index (κ2) is 7.50. The minimum atomic E-state index is -0.637. The average Bonchev–Trinajstić information content (AvgIpc) is 3.00. The highest BCUT2D eigenvalue weighted by Gasteiger charge is 2.46. The molecule has 3 aliphatic heterocycles. The number of rotatable bonds is 3. The summed E-state index contributed by atoms with van der Waals surface area (Å²) < 4.78 is 30.7. The third-order valence-electron chi connectivity index (χ3n) is 7.34. The first-order valence-corrected chi connectivity index (χ1v) is 11.9. The van der Waals surface area contributed by atoms with E-state index >= 15 is 4.39 Å². The Morgan fingerprint density at radius 1 is 1.09 bits per heavy atom. The van der Waals surface area contributed by atoms with E-state index in [4.69, 9.17) is 14.3 Å². The molecule has 3 aromatic heterocycles. The SMILES string of the molecule is Cn1c(=O)n2c3c4c(c(-c5ccc(ON6CCCCC6)nc5)c(F)cc4ncc31)OCC21COC1. The number of hydrogen-bond acceptors (Lipinski definition) is 7. The van der Waals surface area contributed by atoms with Crippen molar-refractivity contribution in [2.24, 2.45) is 7.05 Å². The lowest BCUT2D eigenvalue weighted by atomic mass is 9.98. The Balaban J connectivity index is 1.40. The fourth-order valence-electron chi connectivity index (χ4n) is 5.43. The molecule has 0 atom stereocenters. The zero-order valence-electron chi connectivity index (χ0n) is 19.3. The molecule has 6 heterocycles. The number of imidazole rings is 1. The van der Waals surface area contributed by atoms with Crippen LogP contribution in [0, 0.1) is 5.82 Å². The van der Waals surface area contributed by atoms with Crippen molar-refractivity contribution in [1.29, 1.82) is 0 Å². The van der Waals surface area contributed by atoms with E-state index in [0.29, 0.717) is 57.9 Å². The normalized spacial score (nSPS) is 19.1. The van der Waals surface area contributed by atoms with E-state index in [-0.39, 0.29) is 12.3 Å². The Hall–Kier alpha value is -3.50. The molecule has 180 valence electrons. The molecule has 1 spiro atoms. The molecule has 1 aromatic carbocycles. The highest BCUT2D eigenvalue weighted by Crippen LogP contribution is 2.45. The van der Waals surface area contributed by atoms with Gasteiger partial charge in [-0.15, -0.1) is 5.06 Å². The number of pyridine rings is 2. The maximum absolute atomic E-state index is 15.6. The molecule has 0 aliphatic carbocycles. The summed E-state index contributed by atoms with van der Waals surface area (Å²) in [6, 6.07) is 4.93. The second-order valence-electron chi connectivity index (χ2n) is 9.60. The predicted molar refractivity (Wildman–Crippen MR) is 126 cm³/mol. The quantitative estimate of drug-likeness (QED) is 0.449. The number of fused-ring (bicyclic) bond motifs is 1. The van der Waals surface area contributed by atoms with Crippen molar-refractivity contribution in [3.63, 3.8) is 0 Å². The van der Waals surface area contributed by atoms with E-state index in [2.05, 4.69) is 9.97 Å². The van der Waals surface area contributed by atoms with Gasteiger partial charge in [0.15, 0.2) is 0 Å². The highest BCUT2D eigenvalue weighted by atomic mass is 19.1. The molecular weight excluding hydrogens is 453 g/mol. The van der Waals surface area contributed by atoms with Gasteiger partial charge in [-0.3, -0.25) is 14.1 Å². The van der Waals surface area contributed by atoms with Crippen molar-refractivity contribution >= 4 is 21.9 Å². The summed E-state index contributed by atoms with van der Waals surface area (Å²) in [5.74, 6) is 0.374.